The van der Waals surface area contributed by atoms with E-state index in [1.165, 1.54) is 0 Å². The zero-order valence-electron chi connectivity index (χ0n) is 17.4. The minimum atomic E-state index is -0.115. The van der Waals surface area contributed by atoms with Crippen LogP contribution in [-0.4, -0.2) is 37.4 Å². The van der Waals surface area contributed by atoms with Crippen molar-refractivity contribution in [2.24, 2.45) is 5.92 Å². The van der Waals surface area contributed by atoms with E-state index in [1.54, 1.807) is 0 Å². The smallest absolute Gasteiger partial charge is 0.257 e. The average molecular weight is 441 g/mol. The van der Waals surface area contributed by atoms with Crippen LogP contribution in [0.3, 0.4) is 0 Å². The Morgan fingerprint density at radius 3 is 2.48 bits per heavy atom. The van der Waals surface area contributed by atoms with Crippen LogP contribution in [0, 0.1) is 12.8 Å². The minimum Gasteiger partial charge on any atom is -0.484 e. The van der Waals surface area contributed by atoms with Crippen LogP contribution in [0.5, 0.6) is 5.75 Å². The Morgan fingerprint density at radius 2 is 1.77 bits per heavy atom. The van der Waals surface area contributed by atoms with E-state index in [-0.39, 0.29) is 12.5 Å². The van der Waals surface area contributed by atoms with Gasteiger partial charge in [0.2, 0.25) is 0 Å². The third-order valence-corrected chi connectivity index (χ3v) is 5.71. The zero-order valence-corrected chi connectivity index (χ0v) is 18.2. The van der Waals surface area contributed by atoms with Crippen molar-refractivity contribution in [3.05, 3.63) is 59.1 Å². The molecule has 0 radical (unpaired) electrons. The quantitative estimate of drug-likeness (QED) is 0.566. The number of amides is 1. The summed E-state index contributed by atoms with van der Waals surface area (Å²) in [5, 5.41) is 7.85. The van der Waals surface area contributed by atoms with E-state index in [2.05, 4.69) is 10.5 Å². The number of nitrogens with one attached hydrogen (secondary N) is 1. The van der Waals surface area contributed by atoms with Crippen LogP contribution in [0.1, 0.15) is 18.4 Å². The predicted molar refractivity (Wildman–Crippen MR) is 119 cm³/mol. The summed E-state index contributed by atoms with van der Waals surface area (Å²) in [5.41, 5.74) is 3.55. The molecule has 162 valence electrons. The number of rotatable bonds is 7. The van der Waals surface area contributed by atoms with E-state index in [1.807, 2.05) is 55.5 Å². The minimum absolute atomic E-state index is 0.00767. The molecule has 0 spiro atoms. The fourth-order valence-corrected chi connectivity index (χ4v) is 3.72. The number of hydrogen-bond acceptors (Lipinski definition) is 5. The average Bonchev–Trinajstić information content (AvgIpc) is 3.19. The molecule has 0 unspecified atom stereocenters. The van der Waals surface area contributed by atoms with Crippen molar-refractivity contribution in [1.82, 2.24) is 10.5 Å². The van der Waals surface area contributed by atoms with Crippen LogP contribution in [-0.2, 0) is 9.53 Å². The molecule has 0 saturated carbocycles. The molecule has 0 bridgehead atoms. The van der Waals surface area contributed by atoms with E-state index < -0.39 is 0 Å². The monoisotopic (exact) mass is 440 g/mol. The Bertz CT molecular complexity index is 1010. The summed E-state index contributed by atoms with van der Waals surface area (Å²) in [5.74, 6) is 1.72. The third-order valence-electron chi connectivity index (χ3n) is 5.46. The Hall–Kier alpha value is -2.83. The number of ether oxygens (including phenoxy) is 2. The summed E-state index contributed by atoms with van der Waals surface area (Å²) in [6, 6.07) is 14.9. The second-order valence-electron chi connectivity index (χ2n) is 7.67. The summed E-state index contributed by atoms with van der Waals surface area (Å²) < 4.78 is 16.5. The molecule has 31 heavy (non-hydrogen) atoms. The highest BCUT2D eigenvalue weighted by molar-refractivity contribution is 6.30. The number of hydrogen-bond donors (Lipinski definition) is 1. The van der Waals surface area contributed by atoms with E-state index in [0.717, 1.165) is 48.4 Å². The van der Waals surface area contributed by atoms with Gasteiger partial charge in [0.25, 0.3) is 5.91 Å². The van der Waals surface area contributed by atoms with E-state index >= 15 is 0 Å². The van der Waals surface area contributed by atoms with Crippen molar-refractivity contribution in [1.29, 1.82) is 0 Å². The molecule has 4 rings (SSSR count). The van der Waals surface area contributed by atoms with Crippen LogP contribution in [0.15, 0.2) is 53.1 Å². The van der Waals surface area contributed by atoms with Crippen LogP contribution in [0.25, 0.3) is 22.6 Å². The lowest BCUT2D eigenvalue weighted by atomic mass is 10.0. The number of carbonyl (C=O) groups excluding carboxylic acids is 1. The highest BCUT2D eigenvalue weighted by Crippen LogP contribution is 2.32. The van der Waals surface area contributed by atoms with Crippen molar-refractivity contribution in [2.45, 2.75) is 19.8 Å². The topological polar surface area (TPSA) is 73.6 Å². The lowest BCUT2D eigenvalue weighted by Crippen LogP contribution is -2.35. The van der Waals surface area contributed by atoms with Gasteiger partial charge in [0.15, 0.2) is 12.4 Å². The van der Waals surface area contributed by atoms with Crippen molar-refractivity contribution in [3.8, 4) is 28.3 Å². The number of nitrogens with zero attached hydrogens (tertiary/aromatic N) is 1. The first kappa shape index (κ1) is 21.4. The molecule has 1 fully saturated rings. The van der Waals surface area contributed by atoms with Gasteiger partial charge in [-0.1, -0.05) is 16.8 Å². The second-order valence-corrected chi connectivity index (χ2v) is 8.10. The molecule has 1 aliphatic heterocycles. The van der Waals surface area contributed by atoms with Gasteiger partial charge in [-0.25, -0.2) is 0 Å². The SMILES string of the molecule is Cc1c(-c2ccc(OCC(=O)NCC3CCOCC3)cc2)noc1-c1ccc(Cl)cc1. The van der Waals surface area contributed by atoms with Crippen molar-refractivity contribution < 1.29 is 18.8 Å². The maximum atomic E-state index is 12.1. The van der Waals surface area contributed by atoms with Crippen molar-refractivity contribution in [2.75, 3.05) is 26.4 Å². The van der Waals surface area contributed by atoms with E-state index in [0.29, 0.717) is 29.0 Å². The lowest BCUT2D eigenvalue weighted by Gasteiger charge is -2.22. The van der Waals surface area contributed by atoms with Gasteiger partial charge in [-0.15, -0.1) is 0 Å². The molecule has 2 aromatic carbocycles. The standard InChI is InChI=1S/C24H25ClN2O4/c1-16-23(27-31-24(16)19-2-6-20(25)7-3-19)18-4-8-21(9-5-18)30-15-22(28)26-14-17-10-12-29-13-11-17/h2-9,17H,10-15H2,1H3,(H,26,28). The molecular weight excluding hydrogens is 416 g/mol. The number of aromatic nitrogens is 1. The highest BCUT2D eigenvalue weighted by atomic mass is 35.5. The zero-order chi connectivity index (χ0) is 21.6. The van der Waals surface area contributed by atoms with Gasteiger partial charge in [-0.2, -0.15) is 0 Å². The molecule has 3 aromatic rings. The maximum absolute atomic E-state index is 12.1. The van der Waals surface area contributed by atoms with E-state index in [4.69, 9.17) is 25.6 Å². The molecule has 7 heteroatoms. The number of halogens is 1. The maximum Gasteiger partial charge on any atom is 0.257 e. The molecule has 1 amide bonds. The highest BCUT2D eigenvalue weighted by Gasteiger charge is 2.16. The van der Waals surface area contributed by atoms with Crippen LogP contribution in [0.2, 0.25) is 5.02 Å². The van der Waals surface area contributed by atoms with Gasteiger partial charge >= 0.3 is 0 Å². The van der Waals surface area contributed by atoms with Crippen LogP contribution in [0.4, 0.5) is 0 Å². The fourth-order valence-electron chi connectivity index (χ4n) is 3.59. The summed E-state index contributed by atoms with van der Waals surface area (Å²) in [6.07, 6.45) is 1.98. The molecule has 6 nitrogen and oxygen atoms in total. The summed E-state index contributed by atoms with van der Waals surface area (Å²) in [6.45, 7) is 4.19. The third kappa shape index (κ3) is 5.46. The fraction of sp³-hybridized carbons (Fsp3) is 0.333. The predicted octanol–water partition coefficient (Wildman–Crippen LogP) is 4.89. The summed E-state index contributed by atoms with van der Waals surface area (Å²) in [4.78, 5) is 12.1. The van der Waals surface area contributed by atoms with Crippen LogP contribution >= 0.6 is 11.6 Å². The Morgan fingerprint density at radius 1 is 1.10 bits per heavy atom. The summed E-state index contributed by atoms with van der Waals surface area (Å²) in [7, 11) is 0. The first-order valence-corrected chi connectivity index (χ1v) is 10.8. The van der Waals surface area contributed by atoms with Gasteiger partial charge < -0.3 is 19.3 Å². The van der Waals surface area contributed by atoms with Crippen molar-refractivity contribution >= 4 is 17.5 Å². The first-order valence-electron chi connectivity index (χ1n) is 10.4. The second kappa shape index (κ2) is 9.98. The molecule has 0 aliphatic carbocycles. The van der Waals surface area contributed by atoms with Gasteiger partial charge in [0.05, 0.1) is 0 Å². The Balaban J connectivity index is 1.33. The molecule has 0 atom stereocenters. The molecule has 1 saturated heterocycles. The number of carbonyl (C=O) groups is 1. The van der Waals surface area contributed by atoms with Gasteiger partial charge in [0.1, 0.15) is 11.4 Å². The first-order chi connectivity index (χ1) is 15.1. The Labute approximate surface area is 186 Å². The van der Waals surface area contributed by atoms with Crippen molar-refractivity contribution in [3.63, 3.8) is 0 Å². The van der Waals surface area contributed by atoms with E-state index in [9.17, 15) is 4.79 Å². The molecule has 1 aromatic heterocycles. The van der Waals surface area contributed by atoms with Gasteiger partial charge in [0, 0.05) is 41.5 Å². The van der Waals surface area contributed by atoms with Gasteiger partial charge in [-0.3, -0.25) is 4.79 Å². The normalized spacial score (nSPS) is 14.4. The largest absolute Gasteiger partial charge is 0.484 e. The molecule has 2 heterocycles. The molecular formula is C24H25ClN2O4. The number of benzene rings is 2. The van der Waals surface area contributed by atoms with Gasteiger partial charge in [-0.05, 0) is 74.2 Å². The lowest BCUT2D eigenvalue weighted by molar-refractivity contribution is -0.123. The molecule has 1 aliphatic rings. The van der Waals surface area contributed by atoms with Crippen LogP contribution < -0.4 is 10.1 Å². The Kier molecular flexibility index (Phi) is 6.89. The summed E-state index contributed by atoms with van der Waals surface area (Å²) >= 11 is 5.97. The molecule has 1 N–H and O–H groups in total.